The van der Waals surface area contributed by atoms with Gasteiger partial charge in [-0.2, -0.15) is 0 Å². The molecular weight excluding hydrogens is 846 g/mol. The lowest BCUT2D eigenvalue weighted by atomic mass is 9.33. The lowest BCUT2D eigenvalue weighted by molar-refractivity contribution is 0.195. The number of benzene rings is 8. The van der Waals surface area contributed by atoms with Crippen molar-refractivity contribution in [3.63, 3.8) is 0 Å². The van der Waals surface area contributed by atoms with E-state index in [9.17, 15) is 0 Å². The lowest BCUT2D eigenvalue weighted by Gasteiger charge is -2.54. The molecule has 2 aliphatic carbocycles. The molecule has 4 heteroatoms. The van der Waals surface area contributed by atoms with Gasteiger partial charge in [-0.25, -0.2) is 0 Å². The highest BCUT2D eigenvalue weighted by Gasteiger charge is 2.63. The number of hydrogen-bond donors (Lipinski definition) is 0. The Balaban J connectivity index is 1.09. The van der Waals surface area contributed by atoms with Crippen molar-refractivity contribution in [1.29, 1.82) is 0 Å². The summed E-state index contributed by atoms with van der Waals surface area (Å²) in [4.78, 5) is 8.37. The van der Waals surface area contributed by atoms with Crippen molar-refractivity contribution in [3.8, 4) is 22.3 Å². The molecule has 0 spiro atoms. The van der Waals surface area contributed by atoms with Gasteiger partial charge in [0.2, 0.25) is 0 Å². The molecule has 4 atom stereocenters. The highest BCUT2D eigenvalue weighted by Crippen LogP contribution is 2.66. The third kappa shape index (κ3) is 5.38. The Hall–Kier alpha value is -6.78. The Labute approximate surface area is 415 Å². The van der Waals surface area contributed by atoms with Crippen LogP contribution in [0.25, 0.3) is 22.3 Å². The largest absolute Gasteiger partial charge is 0.335 e. The molecule has 1 fully saturated rings. The van der Waals surface area contributed by atoms with Gasteiger partial charge in [-0.1, -0.05) is 187 Å². The Morgan fingerprint density at radius 1 is 0.457 bits per heavy atom. The Kier molecular flexibility index (Phi) is 8.67. The van der Waals surface area contributed by atoms with E-state index < -0.39 is 0 Å². The standard InChI is InChI=1S/C66H62BN3/c1-62(2,3)48-30-34-56-53(40-48)64(5)38-35-46-23-14-15-24-51(46)66(64,7)69(56)50-41-58-60-59(42-50)70-61-52(63(4)36-16-17-37-65(63,70)6)25-18-26-54(61)67(60)55-39-47(44-21-12-9-13-22-44)29-33-57(55)68(58)49-31-27-45(28-32-49)43-19-10-8-11-20-43/h8-15,18-34,39-42H,16-17,35-38H2,1-7H3. The molecule has 1 saturated carbocycles. The van der Waals surface area contributed by atoms with Crippen molar-refractivity contribution in [3.05, 3.63) is 204 Å². The predicted molar refractivity (Wildman–Crippen MR) is 296 cm³/mol. The first-order chi connectivity index (χ1) is 33.8. The molecule has 70 heavy (non-hydrogen) atoms. The van der Waals surface area contributed by atoms with Crippen LogP contribution in [0.2, 0.25) is 0 Å². The maximum atomic E-state index is 2.91. The number of rotatable bonds is 4. The summed E-state index contributed by atoms with van der Waals surface area (Å²) in [5.41, 5.74) is 25.2. The third-order valence-corrected chi connectivity index (χ3v) is 19.2. The van der Waals surface area contributed by atoms with Gasteiger partial charge in [-0.3, -0.25) is 0 Å². The second-order valence-corrected chi connectivity index (χ2v) is 23.5. The van der Waals surface area contributed by atoms with E-state index in [-0.39, 0.29) is 34.0 Å². The summed E-state index contributed by atoms with van der Waals surface area (Å²) in [6.07, 6.45) is 7.02. The molecule has 0 aromatic heterocycles. The summed E-state index contributed by atoms with van der Waals surface area (Å²) in [5.74, 6) is 0. The first-order valence-corrected chi connectivity index (χ1v) is 26.1. The number of fused-ring (bicyclic) bond motifs is 12. The maximum Gasteiger partial charge on any atom is 0.252 e. The fourth-order valence-electron chi connectivity index (χ4n) is 15.1. The van der Waals surface area contributed by atoms with Gasteiger partial charge >= 0.3 is 0 Å². The molecule has 4 aliphatic heterocycles. The molecule has 4 unspecified atom stereocenters. The van der Waals surface area contributed by atoms with E-state index in [4.69, 9.17) is 0 Å². The smallest absolute Gasteiger partial charge is 0.252 e. The summed E-state index contributed by atoms with van der Waals surface area (Å²) < 4.78 is 0. The van der Waals surface area contributed by atoms with Crippen LogP contribution in [0.1, 0.15) is 108 Å². The van der Waals surface area contributed by atoms with Gasteiger partial charge in [0, 0.05) is 50.6 Å². The predicted octanol–water partition coefficient (Wildman–Crippen LogP) is 14.9. The SMILES string of the molecule is CC(C)(C)c1ccc2c(c1)C1(C)CCc3ccccc3C1(C)N2c1cc2c3c(c1)N1c4c(cccc4C4(C)CCCCC14C)B3c1cc(-c3ccccc3)ccc1N2c1ccc(-c2ccccc2)cc1. The van der Waals surface area contributed by atoms with Crippen LogP contribution in [0.15, 0.2) is 176 Å². The zero-order chi connectivity index (χ0) is 47.5. The fourth-order valence-corrected chi connectivity index (χ4v) is 15.1. The minimum absolute atomic E-state index is 0.00507. The first-order valence-electron chi connectivity index (χ1n) is 26.1. The van der Waals surface area contributed by atoms with E-state index in [1.165, 1.54) is 126 Å². The van der Waals surface area contributed by atoms with Crippen LogP contribution in [0, 0.1) is 0 Å². The zero-order valence-corrected chi connectivity index (χ0v) is 41.9. The molecule has 0 amide bonds. The average molecular weight is 908 g/mol. The topological polar surface area (TPSA) is 9.72 Å². The van der Waals surface area contributed by atoms with Gasteiger partial charge < -0.3 is 14.7 Å². The molecule has 8 aromatic carbocycles. The number of nitrogens with zero attached hydrogens (tertiary/aromatic N) is 3. The van der Waals surface area contributed by atoms with Gasteiger partial charge in [-0.15, -0.1) is 0 Å². The zero-order valence-electron chi connectivity index (χ0n) is 41.9. The van der Waals surface area contributed by atoms with Crippen LogP contribution in [-0.2, 0) is 28.2 Å². The Morgan fingerprint density at radius 3 is 1.86 bits per heavy atom. The van der Waals surface area contributed by atoms with E-state index in [0.717, 1.165) is 19.3 Å². The number of para-hydroxylation sites is 1. The van der Waals surface area contributed by atoms with Crippen molar-refractivity contribution >= 4 is 62.9 Å². The van der Waals surface area contributed by atoms with E-state index >= 15 is 0 Å². The normalized spacial score (nSPS) is 24.3. The molecule has 0 bridgehead atoms. The van der Waals surface area contributed by atoms with Crippen molar-refractivity contribution < 1.29 is 0 Å². The monoisotopic (exact) mass is 908 g/mol. The molecule has 0 N–H and O–H groups in total. The van der Waals surface area contributed by atoms with Crippen molar-refractivity contribution in [1.82, 2.24) is 0 Å². The number of anilines is 7. The second kappa shape index (κ2) is 14.4. The molecule has 344 valence electrons. The van der Waals surface area contributed by atoms with Crippen LogP contribution in [0.4, 0.5) is 39.8 Å². The van der Waals surface area contributed by atoms with Gasteiger partial charge in [0.1, 0.15) is 0 Å². The van der Waals surface area contributed by atoms with Gasteiger partial charge in [0.25, 0.3) is 6.71 Å². The van der Waals surface area contributed by atoms with Crippen LogP contribution >= 0.6 is 0 Å². The Bertz CT molecular complexity index is 3460. The second-order valence-electron chi connectivity index (χ2n) is 23.5. The van der Waals surface area contributed by atoms with Gasteiger partial charge in [0.05, 0.1) is 11.1 Å². The number of aryl methyl sites for hydroxylation is 1. The average Bonchev–Trinajstić information content (AvgIpc) is 3.74. The molecule has 6 aliphatic rings. The van der Waals surface area contributed by atoms with Crippen LogP contribution in [-0.4, -0.2) is 12.3 Å². The minimum Gasteiger partial charge on any atom is -0.335 e. The minimum atomic E-state index is -0.355. The van der Waals surface area contributed by atoms with E-state index in [2.05, 4.69) is 239 Å². The first kappa shape index (κ1) is 42.1. The molecule has 0 saturated heterocycles. The summed E-state index contributed by atoms with van der Waals surface area (Å²) >= 11 is 0. The van der Waals surface area contributed by atoms with Crippen LogP contribution < -0.4 is 31.1 Å². The fraction of sp³-hybridized carbons (Fsp3) is 0.273. The summed E-state index contributed by atoms with van der Waals surface area (Å²) in [5, 5.41) is 0. The van der Waals surface area contributed by atoms with E-state index in [1.807, 2.05) is 0 Å². The summed E-state index contributed by atoms with van der Waals surface area (Å²) in [7, 11) is 0. The molecule has 4 heterocycles. The molecular formula is C66H62BN3. The quantitative estimate of drug-likeness (QED) is 0.163. The number of hydrogen-bond acceptors (Lipinski definition) is 3. The molecule has 14 rings (SSSR count). The Morgan fingerprint density at radius 2 is 1.10 bits per heavy atom. The highest BCUT2D eigenvalue weighted by atomic mass is 15.3. The molecule has 3 nitrogen and oxygen atoms in total. The van der Waals surface area contributed by atoms with Crippen LogP contribution in [0.5, 0.6) is 0 Å². The van der Waals surface area contributed by atoms with Gasteiger partial charge in [0.15, 0.2) is 0 Å². The van der Waals surface area contributed by atoms with Gasteiger partial charge in [-0.05, 0) is 148 Å². The van der Waals surface area contributed by atoms with Crippen molar-refractivity contribution in [2.45, 2.75) is 114 Å². The van der Waals surface area contributed by atoms with Crippen molar-refractivity contribution in [2.24, 2.45) is 0 Å². The summed E-state index contributed by atoms with van der Waals surface area (Å²) in [6, 6.07) is 68.2. The maximum absolute atomic E-state index is 2.91. The van der Waals surface area contributed by atoms with E-state index in [0.29, 0.717) is 0 Å². The summed E-state index contributed by atoms with van der Waals surface area (Å²) in [6.45, 7) is 17.6. The third-order valence-electron chi connectivity index (χ3n) is 19.2. The highest BCUT2D eigenvalue weighted by molar-refractivity contribution is 7.00. The van der Waals surface area contributed by atoms with Crippen LogP contribution in [0.3, 0.4) is 0 Å². The van der Waals surface area contributed by atoms with Crippen molar-refractivity contribution in [2.75, 3.05) is 14.7 Å². The molecule has 0 radical (unpaired) electrons. The van der Waals surface area contributed by atoms with E-state index in [1.54, 1.807) is 0 Å². The molecule has 8 aromatic rings. The lowest BCUT2D eigenvalue weighted by Crippen LogP contribution is -2.64.